The van der Waals surface area contributed by atoms with Gasteiger partial charge in [0.2, 0.25) is 21.8 Å². The van der Waals surface area contributed by atoms with Gasteiger partial charge in [-0.25, -0.2) is 13.4 Å². The van der Waals surface area contributed by atoms with Crippen molar-refractivity contribution in [3.05, 3.63) is 42.2 Å². The van der Waals surface area contributed by atoms with E-state index in [9.17, 15) is 13.2 Å². The van der Waals surface area contributed by atoms with Gasteiger partial charge in [0.25, 0.3) is 0 Å². The molecule has 0 bridgehead atoms. The molecule has 1 aromatic carbocycles. The number of pyridine rings is 2. The van der Waals surface area contributed by atoms with Crippen LogP contribution in [0.25, 0.3) is 22.0 Å². The fourth-order valence-corrected chi connectivity index (χ4v) is 6.20. The summed E-state index contributed by atoms with van der Waals surface area (Å²) in [6.07, 6.45) is 6.46. The summed E-state index contributed by atoms with van der Waals surface area (Å²) < 4.78 is 33.8. The zero-order chi connectivity index (χ0) is 26.4. The molecule has 37 heavy (non-hydrogen) atoms. The number of carbonyl (C=O) groups excluding carboxylic acids is 1. The van der Waals surface area contributed by atoms with Gasteiger partial charge >= 0.3 is 0 Å². The van der Waals surface area contributed by atoms with E-state index in [2.05, 4.69) is 19.6 Å². The van der Waals surface area contributed by atoms with Crippen LogP contribution in [-0.2, 0) is 20.2 Å². The molecule has 1 N–H and O–H groups in total. The van der Waals surface area contributed by atoms with E-state index in [1.807, 2.05) is 46.3 Å². The number of nitrogens with one attached hydrogen (secondary N) is 1. The van der Waals surface area contributed by atoms with Crippen molar-refractivity contribution in [2.45, 2.75) is 38.0 Å². The standard InChI is InChI=1S/C27H33N5O4S/c1-5-13-37(34,35)30-22-15-19(16-29-25(22)36-12-6-11-31(2)3)18-7-8-21-20(14-18)24-23(17-28-21)32(4)26(33)27(24)9-10-27/h7-8,14-17,30H,5-6,9-13H2,1-4H3. The molecule has 1 fully saturated rings. The summed E-state index contributed by atoms with van der Waals surface area (Å²) in [5.74, 6) is 0.399. The van der Waals surface area contributed by atoms with Crippen molar-refractivity contribution in [2.24, 2.45) is 0 Å². The molecule has 3 aromatic rings. The summed E-state index contributed by atoms with van der Waals surface area (Å²) in [4.78, 5) is 25.8. The minimum Gasteiger partial charge on any atom is -0.476 e. The van der Waals surface area contributed by atoms with Crippen LogP contribution in [0, 0.1) is 0 Å². The Morgan fingerprint density at radius 3 is 2.62 bits per heavy atom. The van der Waals surface area contributed by atoms with Crippen LogP contribution >= 0.6 is 0 Å². The number of amides is 1. The van der Waals surface area contributed by atoms with Gasteiger partial charge in [-0.15, -0.1) is 0 Å². The molecule has 1 spiro atoms. The molecular formula is C27H33N5O4S. The summed E-state index contributed by atoms with van der Waals surface area (Å²) >= 11 is 0. The second-order valence-corrected chi connectivity index (χ2v) is 12.0. The Kier molecular flexibility index (Phi) is 6.57. The monoisotopic (exact) mass is 523 g/mol. The Bertz CT molecular complexity index is 1470. The SMILES string of the molecule is CCCS(=O)(=O)Nc1cc(-c2ccc3ncc4c(c3c2)C2(CC2)C(=O)N4C)cnc1OCCCN(C)C. The molecule has 1 aliphatic heterocycles. The van der Waals surface area contributed by atoms with E-state index in [4.69, 9.17) is 4.74 Å². The zero-order valence-corrected chi connectivity index (χ0v) is 22.6. The summed E-state index contributed by atoms with van der Waals surface area (Å²) in [6, 6.07) is 7.69. The molecule has 1 saturated carbocycles. The smallest absolute Gasteiger partial charge is 0.238 e. The number of nitrogens with zero attached hydrogens (tertiary/aromatic N) is 4. The highest BCUT2D eigenvalue weighted by Crippen LogP contribution is 2.58. The second kappa shape index (κ2) is 9.57. The first-order chi connectivity index (χ1) is 17.6. The number of carbonyl (C=O) groups is 1. The van der Waals surface area contributed by atoms with Crippen molar-refractivity contribution in [1.82, 2.24) is 14.9 Å². The third-order valence-electron chi connectivity index (χ3n) is 7.06. The number of aromatic nitrogens is 2. The molecule has 0 atom stereocenters. The number of anilines is 2. The Balaban J connectivity index is 1.53. The largest absolute Gasteiger partial charge is 0.476 e. The number of hydrogen-bond donors (Lipinski definition) is 1. The minimum absolute atomic E-state index is 0.00864. The predicted octanol–water partition coefficient (Wildman–Crippen LogP) is 3.79. The summed E-state index contributed by atoms with van der Waals surface area (Å²) in [5.41, 5.74) is 4.23. The van der Waals surface area contributed by atoms with E-state index in [1.165, 1.54) is 0 Å². The molecule has 1 amide bonds. The first-order valence-corrected chi connectivity index (χ1v) is 14.3. The molecular weight excluding hydrogens is 490 g/mol. The van der Waals surface area contributed by atoms with Gasteiger partial charge in [-0.2, -0.15) is 0 Å². The highest BCUT2D eigenvalue weighted by molar-refractivity contribution is 7.92. The maximum atomic E-state index is 13.0. The molecule has 3 heterocycles. The molecule has 196 valence electrons. The molecule has 1 aliphatic carbocycles. The van der Waals surface area contributed by atoms with E-state index in [1.54, 1.807) is 23.4 Å². The zero-order valence-electron chi connectivity index (χ0n) is 21.7. The number of benzene rings is 1. The van der Waals surface area contributed by atoms with Crippen molar-refractivity contribution in [3.8, 4) is 17.0 Å². The molecule has 2 aromatic heterocycles. The minimum atomic E-state index is -3.54. The molecule has 2 aliphatic rings. The van der Waals surface area contributed by atoms with Crippen molar-refractivity contribution in [1.29, 1.82) is 0 Å². The van der Waals surface area contributed by atoms with Gasteiger partial charge in [-0.1, -0.05) is 13.0 Å². The van der Waals surface area contributed by atoms with E-state index < -0.39 is 15.4 Å². The molecule has 9 nitrogen and oxygen atoms in total. The van der Waals surface area contributed by atoms with Crippen LogP contribution in [0.15, 0.2) is 36.7 Å². The van der Waals surface area contributed by atoms with Gasteiger partial charge in [0, 0.05) is 36.3 Å². The van der Waals surface area contributed by atoms with E-state index in [0.717, 1.165) is 59.1 Å². The number of hydrogen-bond acceptors (Lipinski definition) is 7. The van der Waals surface area contributed by atoms with Crippen LogP contribution in [0.4, 0.5) is 11.4 Å². The fourth-order valence-electron chi connectivity index (χ4n) is 5.08. The van der Waals surface area contributed by atoms with Crippen LogP contribution in [0.3, 0.4) is 0 Å². The fraction of sp³-hybridized carbons (Fsp3) is 0.444. The number of fused-ring (bicyclic) bond motifs is 4. The number of ether oxygens (including phenoxy) is 1. The van der Waals surface area contributed by atoms with Gasteiger partial charge in [0.15, 0.2) is 0 Å². The first kappa shape index (κ1) is 25.4. The topological polar surface area (TPSA) is 105 Å². The lowest BCUT2D eigenvalue weighted by molar-refractivity contribution is -0.119. The molecule has 0 radical (unpaired) electrons. The Labute approximate surface area is 217 Å². The van der Waals surface area contributed by atoms with Crippen molar-refractivity contribution in [3.63, 3.8) is 0 Å². The number of sulfonamides is 1. The number of rotatable bonds is 10. The molecule has 5 rings (SSSR count). The average molecular weight is 524 g/mol. The summed E-state index contributed by atoms with van der Waals surface area (Å²) in [7, 11) is 2.25. The van der Waals surface area contributed by atoms with Crippen LogP contribution in [-0.4, -0.2) is 69.2 Å². The lowest BCUT2D eigenvalue weighted by Gasteiger charge is -2.15. The number of likely N-dealkylation sites (N-methyl/N-ethyl adjacent to an activating group) is 1. The predicted molar refractivity (Wildman–Crippen MR) is 146 cm³/mol. The Morgan fingerprint density at radius 1 is 1.14 bits per heavy atom. The molecule has 0 unspecified atom stereocenters. The average Bonchev–Trinajstić information content (AvgIpc) is 3.63. The molecule has 0 saturated heterocycles. The van der Waals surface area contributed by atoms with Gasteiger partial charge in [0.1, 0.15) is 5.69 Å². The van der Waals surface area contributed by atoms with Gasteiger partial charge in [-0.3, -0.25) is 14.5 Å². The third-order valence-corrected chi connectivity index (χ3v) is 8.54. The maximum absolute atomic E-state index is 13.0. The highest BCUT2D eigenvalue weighted by Gasteiger charge is 2.59. The van der Waals surface area contributed by atoms with Gasteiger partial charge < -0.3 is 14.5 Å². The highest BCUT2D eigenvalue weighted by atomic mass is 32.2. The molecule has 10 heteroatoms. The maximum Gasteiger partial charge on any atom is 0.238 e. The first-order valence-electron chi connectivity index (χ1n) is 12.6. The lowest BCUT2D eigenvalue weighted by atomic mass is 9.92. The van der Waals surface area contributed by atoms with Crippen LogP contribution < -0.4 is 14.4 Å². The third kappa shape index (κ3) is 4.75. The Morgan fingerprint density at radius 2 is 1.92 bits per heavy atom. The van der Waals surface area contributed by atoms with E-state index in [0.29, 0.717) is 18.7 Å². The van der Waals surface area contributed by atoms with Crippen molar-refractivity contribution >= 4 is 38.2 Å². The van der Waals surface area contributed by atoms with E-state index >= 15 is 0 Å². The van der Waals surface area contributed by atoms with Crippen molar-refractivity contribution in [2.75, 3.05) is 49.7 Å². The van der Waals surface area contributed by atoms with E-state index in [-0.39, 0.29) is 17.5 Å². The van der Waals surface area contributed by atoms with Crippen LogP contribution in [0.5, 0.6) is 5.88 Å². The van der Waals surface area contributed by atoms with Crippen molar-refractivity contribution < 1.29 is 17.9 Å². The summed E-state index contributed by atoms with van der Waals surface area (Å²) in [6.45, 7) is 3.09. The van der Waals surface area contributed by atoms with Gasteiger partial charge in [-0.05, 0) is 63.5 Å². The normalized spacial score (nSPS) is 16.0. The Hall–Kier alpha value is -3.24. The summed E-state index contributed by atoms with van der Waals surface area (Å²) in [5, 5.41) is 0.947. The lowest BCUT2D eigenvalue weighted by Crippen LogP contribution is -2.28. The van der Waals surface area contributed by atoms with Crippen LogP contribution in [0.2, 0.25) is 0 Å². The van der Waals surface area contributed by atoms with Gasteiger partial charge in [0.05, 0.1) is 35.2 Å². The second-order valence-electron chi connectivity index (χ2n) is 10.2. The van der Waals surface area contributed by atoms with Crippen LogP contribution in [0.1, 0.15) is 38.2 Å². The quantitative estimate of drug-likeness (QED) is 0.403.